The normalized spacial score (nSPS) is 20.1. The van der Waals surface area contributed by atoms with Crippen LogP contribution in [0.3, 0.4) is 0 Å². The minimum atomic E-state index is -0.159. The number of hydrogen-bond donors (Lipinski definition) is 2. The maximum atomic E-state index is 11.1. The second-order valence-electron chi connectivity index (χ2n) is 5.04. The third-order valence-corrected chi connectivity index (χ3v) is 3.57. The van der Waals surface area contributed by atoms with Crippen molar-refractivity contribution in [2.24, 2.45) is 11.7 Å². The number of likely N-dealkylation sites (tertiary alicyclic amines) is 1. The van der Waals surface area contributed by atoms with Crippen molar-refractivity contribution in [2.75, 3.05) is 25.4 Å². The minimum absolute atomic E-state index is 0.0531. The molecule has 1 aliphatic heterocycles. The Hall–Kier alpha value is -1.55. The van der Waals surface area contributed by atoms with Crippen LogP contribution in [0.15, 0.2) is 24.3 Å². The van der Waals surface area contributed by atoms with E-state index in [1.165, 1.54) is 5.56 Å². The van der Waals surface area contributed by atoms with E-state index in [9.17, 15) is 4.79 Å². The third kappa shape index (κ3) is 3.47. The topological polar surface area (TPSA) is 72.4 Å². The number of benzene rings is 1. The van der Waals surface area contributed by atoms with Gasteiger partial charge < -0.3 is 16.4 Å². The first-order valence-electron chi connectivity index (χ1n) is 6.51. The maximum Gasteiger partial charge on any atom is 0.221 e. The largest absolute Gasteiger partial charge is 0.399 e. The van der Waals surface area contributed by atoms with Crippen LogP contribution in [0.4, 0.5) is 5.69 Å². The van der Waals surface area contributed by atoms with Gasteiger partial charge in [0, 0.05) is 12.2 Å². The summed E-state index contributed by atoms with van der Waals surface area (Å²) in [7, 11) is 0. The molecule has 18 heavy (non-hydrogen) atoms. The first-order chi connectivity index (χ1) is 8.65. The SMILES string of the molecule is NC(=O)C1CCN(CCCc2cccc(N)c2)C1. The molecule has 1 aromatic rings. The van der Waals surface area contributed by atoms with Gasteiger partial charge >= 0.3 is 0 Å². The van der Waals surface area contributed by atoms with Crippen molar-refractivity contribution in [1.29, 1.82) is 0 Å². The lowest BCUT2D eigenvalue weighted by molar-refractivity contribution is -0.121. The fourth-order valence-corrected chi connectivity index (χ4v) is 2.52. The van der Waals surface area contributed by atoms with Gasteiger partial charge in [-0.15, -0.1) is 0 Å². The molecule has 1 aliphatic rings. The molecule has 0 aromatic heterocycles. The van der Waals surface area contributed by atoms with Crippen molar-refractivity contribution >= 4 is 11.6 Å². The quantitative estimate of drug-likeness (QED) is 0.763. The van der Waals surface area contributed by atoms with Crippen LogP contribution >= 0.6 is 0 Å². The number of nitrogen functional groups attached to an aromatic ring is 1. The van der Waals surface area contributed by atoms with Crippen molar-refractivity contribution in [3.63, 3.8) is 0 Å². The number of carbonyl (C=O) groups is 1. The molecule has 2 rings (SSSR count). The molecule has 0 radical (unpaired) electrons. The molecule has 1 aromatic carbocycles. The van der Waals surface area contributed by atoms with E-state index in [0.29, 0.717) is 0 Å². The summed E-state index contributed by atoms with van der Waals surface area (Å²) in [4.78, 5) is 13.4. The number of nitrogens with zero attached hydrogens (tertiary/aromatic N) is 1. The highest BCUT2D eigenvalue weighted by Crippen LogP contribution is 2.16. The fourth-order valence-electron chi connectivity index (χ4n) is 2.52. The van der Waals surface area contributed by atoms with E-state index < -0.39 is 0 Å². The van der Waals surface area contributed by atoms with Gasteiger partial charge in [-0.25, -0.2) is 0 Å². The number of amides is 1. The third-order valence-electron chi connectivity index (χ3n) is 3.57. The van der Waals surface area contributed by atoms with Crippen molar-refractivity contribution in [3.8, 4) is 0 Å². The Labute approximate surface area is 108 Å². The lowest BCUT2D eigenvalue weighted by Gasteiger charge is -2.15. The Morgan fingerprint density at radius 3 is 2.94 bits per heavy atom. The molecule has 1 amide bonds. The lowest BCUT2D eigenvalue weighted by Crippen LogP contribution is -2.28. The van der Waals surface area contributed by atoms with E-state index in [1.807, 2.05) is 18.2 Å². The molecule has 0 spiro atoms. The average molecular weight is 247 g/mol. The Kier molecular flexibility index (Phi) is 4.20. The van der Waals surface area contributed by atoms with Crippen molar-refractivity contribution in [2.45, 2.75) is 19.3 Å². The van der Waals surface area contributed by atoms with Crippen LogP contribution in [-0.4, -0.2) is 30.4 Å². The van der Waals surface area contributed by atoms with Gasteiger partial charge in [-0.3, -0.25) is 4.79 Å². The van der Waals surface area contributed by atoms with Crippen molar-refractivity contribution in [1.82, 2.24) is 4.90 Å². The van der Waals surface area contributed by atoms with Crippen LogP contribution in [0.2, 0.25) is 0 Å². The predicted molar refractivity (Wildman–Crippen MR) is 72.9 cm³/mol. The number of carbonyl (C=O) groups excluding carboxylic acids is 1. The van der Waals surface area contributed by atoms with Crippen LogP contribution < -0.4 is 11.5 Å². The molecule has 1 atom stereocenters. The molecule has 1 heterocycles. The molecule has 0 bridgehead atoms. The average Bonchev–Trinajstić information content (AvgIpc) is 2.78. The van der Waals surface area contributed by atoms with E-state index in [1.54, 1.807) is 0 Å². The Morgan fingerprint density at radius 1 is 1.44 bits per heavy atom. The second kappa shape index (κ2) is 5.87. The molecule has 4 nitrogen and oxygen atoms in total. The second-order valence-corrected chi connectivity index (χ2v) is 5.04. The highest BCUT2D eigenvalue weighted by Gasteiger charge is 2.25. The maximum absolute atomic E-state index is 11.1. The van der Waals surface area contributed by atoms with Gasteiger partial charge in [0.25, 0.3) is 0 Å². The van der Waals surface area contributed by atoms with Crippen LogP contribution in [0.1, 0.15) is 18.4 Å². The van der Waals surface area contributed by atoms with Gasteiger partial charge in [0.1, 0.15) is 0 Å². The van der Waals surface area contributed by atoms with E-state index in [-0.39, 0.29) is 11.8 Å². The number of hydrogen-bond acceptors (Lipinski definition) is 3. The highest BCUT2D eigenvalue weighted by atomic mass is 16.1. The van der Waals surface area contributed by atoms with Gasteiger partial charge in [-0.1, -0.05) is 12.1 Å². The predicted octanol–water partition coefficient (Wildman–Crippen LogP) is 1.01. The number of primary amides is 1. The molecule has 4 heteroatoms. The molecule has 1 fully saturated rings. The number of anilines is 1. The fraction of sp³-hybridized carbons (Fsp3) is 0.500. The minimum Gasteiger partial charge on any atom is -0.399 e. The molecule has 0 aliphatic carbocycles. The van der Waals surface area contributed by atoms with E-state index in [0.717, 1.165) is 44.6 Å². The zero-order valence-corrected chi connectivity index (χ0v) is 10.6. The Morgan fingerprint density at radius 2 is 2.28 bits per heavy atom. The summed E-state index contributed by atoms with van der Waals surface area (Å²) in [5, 5.41) is 0. The number of aryl methyl sites for hydroxylation is 1. The molecule has 4 N–H and O–H groups in total. The zero-order valence-electron chi connectivity index (χ0n) is 10.6. The van der Waals surface area contributed by atoms with E-state index in [2.05, 4.69) is 11.0 Å². The van der Waals surface area contributed by atoms with Gasteiger partial charge in [-0.2, -0.15) is 0 Å². The first-order valence-corrected chi connectivity index (χ1v) is 6.51. The van der Waals surface area contributed by atoms with Gasteiger partial charge in [0.15, 0.2) is 0 Å². The standard InChI is InChI=1S/C14H21N3O/c15-13-5-1-3-11(9-13)4-2-7-17-8-6-12(10-17)14(16)18/h1,3,5,9,12H,2,4,6-8,10,15H2,(H2,16,18). The van der Waals surface area contributed by atoms with Crippen LogP contribution in [0, 0.1) is 5.92 Å². The van der Waals surface area contributed by atoms with Crippen LogP contribution in [-0.2, 0) is 11.2 Å². The molecular formula is C14H21N3O. The summed E-state index contributed by atoms with van der Waals surface area (Å²) < 4.78 is 0. The summed E-state index contributed by atoms with van der Waals surface area (Å²) in [5.41, 5.74) is 13.2. The molecule has 1 saturated heterocycles. The van der Waals surface area contributed by atoms with E-state index >= 15 is 0 Å². The van der Waals surface area contributed by atoms with Crippen molar-refractivity contribution < 1.29 is 4.79 Å². The number of rotatable bonds is 5. The number of nitrogens with two attached hydrogens (primary N) is 2. The van der Waals surface area contributed by atoms with Gasteiger partial charge in [0.2, 0.25) is 5.91 Å². The van der Waals surface area contributed by atoms with E-state index in [4.69, 9.17) is 11.5 Å². The lowest BCUT2D eigenvalue weighted by atomic mass is 10.1. The summed E-state index contributed by atoms with van der Waals surface area (Å²) in [6.07, 6.45) is 3.03. The summed E-state index contributed by atoms with van der Waals surface area (Å²) >= 11 is 0. The highest BCUT2D eigenvalue weighted by molar-refractivity contribution is 5.77. The van der Waals surface area contributed by atoms with Crippen LogP contribution in [0.25, 0.3) is 0 Å². The van der Waals surface area contributed by atoms with Gasteiger partial charge in [-0.05, 0) is 50.0 Å². The molecule has 1 unspecified atom stereocenters. The van der Waals surface area contributed by atoms with Crippen molar-refractivity contribution in [3.05, 3.63) is 29.8 Å². The Balaban J connectivity index is 1.72. The Bertz CT molecular complexity index is 419. The smallest absolute Gasteiger partial charge is 0.221 e. The molecular weight excluding hydrogens is 226 g/mol. The molecule has 0 saturated carbocycles. The summed E-state index contributed by atoms with van der Waals surface area (Å²) in [5.74, 6) is -0.106. The monoisotopic (exact) mass is 247 g/mol. The van der Waals surface area contributed by atoms with Gasteiger partial charge in [0.05, 0.1) is 5.92 Å². The summed E-state index contributed by atoms with van der Waals surface area (Å²) in [6.45, 7) is 2.84. The first kappa shape index (κ1) is 12.9. The van der Waals surface area contributed by atoms with Crippen LogP contribution in [0.5, 0.6) is 0 Å². The molecule has 98 valence electrons. The summed E-state index contributed by atoms with van der Waals surface area (Å²) in [6, 6.07) is 8.02. The zero-order chi connectivity index (χ0) is 13.0.